The van der Waals surface area contributed by atoms with Crippen molar-refractivity contribution in [3.63, 3.8) is 0 Å². The van der Waals surface area contributed by atoms with E-state index in [1.54, 1.807) is 16.7 Å². The molecule has 1 fully saturated rings. The Morgan fingerprint density at radius 1 is 1.12 bits per heavy atom. The van der Waals surface area contributed by atoms with E-state index in [4.69, 9.17) is 4.74 Å². The first-order valence-corrected chi connectivity index (χ1v) is 12.5. The quantitative estimate of drug-likeness (QED) is 0.659. The van der Waals surface area contributed by atoms with Crippen molar-refractivity contribution in [1.82, 2.24) is 14.8 Å². The van der Waals surface area contributed by atoms with Gasteiger partial charge in [0.1, 0.15) is 0 Å². The minimum atomic E-state index is -0.339. The molecule has 3 amide bonds. The number of aromatic nitrogens is 1. The first-order valence-electron chi connectivity index (χ1n) is 10.5. The molecule has 2 heterocycles. The molecule has 32 heavy (non-hydrogen) atoms. The lowest BCUT2D eigenvalue weighted by Crippen LogP contribution is -2.51. The summed E-state index contributed by atoms with van der Waals surface area (Å²) in [6.07, 6.45) is -0.339. The van der Waals surface area contributed by atoms with E-state index in [1.165, 1.54) is 28.7 Å². The van der Waals surface area contributed by atoms with Crippen molar-refractivity contribution < 1.29 is 19.1 Å². The molecule has 0 aliphatic carbocycles. The highest BCUT2D eigenvalue weighted by Gasteiger charge is 2.24. The van der Waals surface area contributed by atoms with E-state index in [1.807, 2.05) is 24.4 Å². The van der Waals surface area contributed by atoms with E-state index in [9.17, 15) is 14.4 Å². The number of rotatable bonds is 7. The molecule has 1 aliphatic heterocycles. The zero-order chi connectivity index (χ0) is 23.1. The Morgan fingerprint density at radius 3 is 2.53 bits per heavy atom. The number of nitrogens with one attached hydrogen (secondary N) is 1. The van der Waals surface area contributed by atoms with Crippen LogP contribution in [0.25, 0.3) is 11.3 Å². The first kappa shape index (κ1) is 24.1. The van der Waals surface area contributed by atoms with Crippen molar-refractivity contribution >= 4 is 46.1 Å². The largest absolute Gasteiger partial charge is 0.450 e. The van der Waals surface area contributed by atoms with Gasteiger partial charge in [0.15, 0.2) is 5.13 Å². The topological polar surface area (TPSA) is 91.8 Å². The molecule has 0 atom stereocenters. The van der Waals surface area contributed by atoms with E-state index in [-0.39, 0.29) is 29.4 Å². The average molecular weight is 477 g/mol. The van der Waals surface area contributed by atoms with Gasteiger partial charge in [-0.15, -0.1) is 23.1 Å². The molecular weight excluding hydrogens is 448 g/mol. The smallest absolute Gasteiger partial charge is 0.409 e. The molecule has 0 unspecified atom stereocenters. The normalized spacial score (nSPS) is 13.7. The number of piperazine rings is 1. The number of hydrogen-bond donors (Lipinski definition) is 1. The van der Waals surface area contributed by atoms with Gasteiger partial charge in [0, 0.05) is 37.1 Å². The van der Waals surface area contributed by atoms with E-state index >= 15 is 0 Å². The third kappa shape index (κ3) is 6.46. The molecule has 8 nitrogen and oxygen atoms in total. The molecule has 1 aromatic carbocycles. The van der Waals surface area contributed by atoms with Crippen LogP contribution >= 0.6 is 23.1 Å². The molecule has 172 valence electrons. The predicted octanol–water partition coefficient (Wildman–Crippen LogP) is 3.40. The Bertz CT molecular complexity index is 971. The molecule has 3 rings (SSSR count). The van der Waals surface area contributed by atoms with Gasteiger partial charge >= 0.3 is 6.09 Å². The summed E-state index contributed by atoms with van der Waals surface area (Å²) in [7, 11) is 0. The van der Waals surface area contributed by atoms with E-state index < -0.39 is 0 Å². The Hall–Kier alpha value is -2.59. The fourth-order valence-electron chi connectivity index (χ4n) is 3.39. The Kier molecular flexibility index (Phi) is 8.52. The lowest BCUT2D eigenvalue weighted by atomic mass is 10.0. The first-order chi connectivity index (χ1) is 15.4. The van der Waals surface area contributed by atoms with Crippen molar-refractivity contribution in [2.75, 3.05) is 49.6 Å². The highest BCUT2D eigenvalue weighted by atomic mass is 32.2. The fraction of sp³-hybridized carbons (Fsp3) is 0.455. The molecular formula is C22H28N4O4S2. The molecule has 0 bridgehead atoms. The average Bonchev–Trinajstić information content (AvgIpc) is 3.21. The third-order valence-electron chi connectivity index (χ3n) is 5.03. The van der Waals surface area contributed by atoms with Crippen LogP contribution in [-0.4, -0.2) is 77.0 Å². The van der Waals surface area contributed by atoms with Crippen LogP contribution in [-0.2, 0) is 14.3 Å². The van der Waals surface area contributed by atoms with Crippen molar-refractivity contribution in [3.05, 3.63) is 34.7 Å². The van der Waals surface area contributed by atoms with Crippen molar-refractivity contribution in [2.24, 2.45) is 0 Å². The van der Waals surface area contributed by atoms with Gasteiger partial charge in [-0.05, 0) is 26.3 Å². The second-order valence-corrected chi connectivity index (χ2v) is 9.31. The van der Waals surface area contributed by atoms with Gasteiger partial charge in [0.05, 0.1) is 23.8 Å². The van der Waals surface area contributed by atoms with Crippen molar-refractivity contribution in [1.29, 1.82) is 0 Å². The Labute approximate surface area is 196 Å². The molecule has 10 heteroatoms. The number of thioether (sulfide) groups is 1. The second kappa shape index (κ2) is 11.3. The SMILES string of the molecule is CCOC(=O)N1CCN(C(=O)CSCC(=O)Nc2nc(-c3ccc(C)cc3C)cs2)CC1. The Balaban J connectivity index is 1.40. The van der Waals surface area contributed by atoms with E-state index in [0.717, 1.165) is 16.8 Å². The summed E-state index contributed by atoms with van der Waals surface area (Å²) in [5.41, 5.74) is 4.23. The molecule has 1 aliphatic rings. The molecule has 1 N–H and O–H groups in total. The summed E-state index contributed by atoms with van der Waals surface area (Å²) in [5.74, 6) is 0.181. The molecule has 1 saturated heterocycles. The third-order valence-corrected chi connectivity index (χ3v) is 6.70. The monoisotopic (exact) mass is 476 g/mol. The van der Waals surface area contributed by atoms with Gasteiger partial charge in [0.25, 0.3) is 0 Å². The lowest BCUT2D eigenvalue weighted by molar-refractivity contribution is -0.129. The van der Waals surface area contributed by atoms with Crippen LogP contribution in [0.5, 0.6) is 0 Å². The van der Waals surface area contributed by atoms with Crippen LogP contribution in [0.2, 0.25) is 0 Å². The van der Waals surface area contributed by atoms with Crippen LogP contribution in [0.4, 0.5) is 9.93 Å². The number of hydrogen-bond acceptors (Lipinski definition) is 7. The second-order valence-electron chi connectivity index (χ2n) is 7.46. The van der Waals surface area contributed by atoms with Gasteiger partial charge in [0.2, 0.25) is 11.8 Å². The van der Waals surface area contributed by atoms with Crippen molar-refractivity contribution in [3.8, 4) is 11.3 Å². The zero-order valence-corrected chi connectivity index (χ0v) is 20.2. The number of thiazole rings is 1. The molecule has 0 radical (unpaired) electrons. The van der Waals surface area contributed by atoms with Crippen LogP contribution in [0, 0.1) is 13.8 Å². The predicted molar refractivity (Wildman–Crippen MR) is 128 cm³/mol. The number of amides is 3. The van der Waals surface area contributed by atoms with Crippen LogP contribution in [0.3, 0.4) is 0 Å². The summed E-state index contributed by atoms with van der Waals surface area (Å²) in [5, 5.41) is 5.29. The minimum absolute atomic E-state index is 0.0299. The summed E-state index contributed by atoms with van der Waals surface area (Å²) in [6, 6.07) is 6.20. The number of anilines is 1. The number of ether oxygens (including phenoxy) is 1. The van der Waals surface area contributed by atoms with E-state index in [0.29, 0.717) is 37.9 Å². The number of nitrogens with zero attached hydrogens (tertiary/aromatic N) is 3. The Morgan fingerprint density at radius 2 is 1.84 bits per heavy atom. The molecule has 0 spiro atoms. The maximum atomic E-state index is 12.4. The maximum Gasteiger partial charge on any atom is 0.409 e. The van der Waals surface area contributed by atoms with Gasteiger partial charge < -0.3 is 19.9 Å². The highest BCUT2D eigenvalue weighted by Crippen LogP contribution is 2.28. The van der Waals surface area contributed by atoms with Crippen LogP contribution < -0.4 is 5.32 Å². The summed E-state index contributed by atoms with van der Waals surface area (Å²) in [6.45, 7) is 8.08. The lowest BCUT2D eigenvalue weighted by Gasteiger charge is -2.34. The number of carbonyl (C=O) groups is 3. The van der Waals surface area contributed by atoms with E-state index in [2.05, 4.69) is 23.3 Å². The molecule has 2 aromatic rings. The fourth-order valence-corrected chi connectivity index (χ4v) is 4.83. The number of aryl methyl sites for hydroxylation is 2. The highest BCUT2D eigenvalue weighted by molar-refractivity contribution is 8.00. The standard InChI is InChI=1S/C22H28N4O4S2/c1-4-30-22(29)26-9-7-25(8-10-26)20(28)14-31-13-19(27)24-21-23-18(12-32-21)17-6-5-15(2)11-16(17)3/h5-6,11-12H,4,7-10,13-14H2,1-3H3,(H,23,24,27). The summed E-state index contributed by atoms with van der Waals surface area (Å²) >= 11 is 2.66. The molecule has 0 saturated carbocycles. The van der Waals surface area contributed by atoms with Gasteiger partial charge in [-0.2, -0.15) is 0 Å². The number of benzene rings is 1. The van der Waals surface area contributed by atoms with Crippen molar-refractivity contribution in [2.45, 2.75) is 20.8 Å². The minimum Gasteiger partial charge on any atom is -0.450 e. The zero-order valence-electron chi connectivity index (χ0n) is 18.6. The number of carbonyl (C=O) groups excluding carboxylic acids is 3. The van der Waals surface area contributed by atoms with Gasteiger partial charge in [-0.1, -0.05) is 23.8 Å². The van der Waals surface area contributed by atoms with Gasteiger partial charge in [-0.25, -0.2) is 9.78 Å². The van der Waals surface area contributed by atoms with Crippen LogP contribution in [0.15, 0.2) is 23.6 Å². The summed E-state index contributed by atoms with van der Waals surface area (Å²) in [4.78, 5) is 44.2. The van der Waals surface area contributed by atoms with Gasteiger partial charge in [-0.3, -0.25) is 9.59 Å². The molecule has 1 aromatic heterocycles. The maximum absolute atomic E-state index is 12.4. The van der Waals surface area contributed by atoms with Crippen LogP contribution in [0.1, 0.15) is 18.1 Å². The summed E-state index contributed by atoms with van der Waals surface area (Å²) < 4.78 is 4.98.